The standard InChI is InChI=1S/C15H24N2/c1-11-7-6-8-12(17-11)9-16-10-13-14(2,3)15(13,4)5/h6-8,13,16H,9-10H2,1-5H3. The van der Waals surface area contributed by atoms with Crippen molar-refractivity contribution in [1.82, 2.24) is 10.3 Å². The Labute approximate surface area is 105 Å². The summed E-state index contributed by atoms with van der Waals surface area (Å²) < 4.78 is 0. The van der Waals surface area contributed by atoms with E-state index in [0.717, 1.165) is 30.4 Å². The second kappa shape index (κ2) is 4.09. The minimum Gasteiger partial charge on any atom is -0.311 e. The summed E-state index contributed by atoms with van der Waals surface area (Å²) in [6, 6.07) is 6.20. The molecule has 1 aliphatic rings. The zero-order valence-corrected chi connectivity index (χ0v) is 11.7. The number of hydrogen-bond donors (Lipinski definition) is 1. The summed E-state index contributed by atoms with van der Waals surface area (Å²) in [6.45, 7) is 13.5. The molecule has 0 bridgehead atoms. The van der Waals surface area contributed by atoms with E-state index in [4.69, 9.17) is 0 Å². The van der Waals surface area contributed by atoms with Crippen LogP contribution in [0.5, 0.6) is 0 Å². The summed E-state index contributed by atoms with van der Waals surface area (Å²) in [5, 5.41) is 3.54. The zero-order chi connectivity index (χ0) is 12.7. The van der Waals surface area contributed by atoms with E-state index < -0.39 is 0 Å². The third kappa shape index (κ3) is 2.23. The van der Waals surface area contributed by atoms with E-state index in [1.807, 2.05) is 13.0 Å². The molecule has 0 unspecified atom stereocenters. The third-order valence-electron chi connectivity index (χ3n) is 4.92. The lowest BCUT2D eigenvalue weighted by molar-refractivity contribution is 0.457. The first-order chi connectivity index (χ1) is 7.85. The summed E-state index contributed by atoms with van der Waals surface area (Å²) in [4.78, 5) is 4.50. The minimum absolute atomic E-state index is 0.472. The van der Waals surface area contributed by atoms with Gasteiger partial charge in [0.05, 0.1) is 5.69 Å². The molecule has 2 heteroatoms. The fourth-order valence-corrected chi connectivity index (χ4v) is 2.89. The molecular weight excluding hydrogens is 208 g/mol. The van der Waals surface area contributed by atoms with E-state index in [0.29, 0.717) is 10.8 Å². The van der Waals surface area contributed by atoms with Gasteiger partial charge >= 0.3 is 0 Å². The van der Waals surface area contributed by atoms with Gasteiger partial charge < -0.3 is 5.32 Å². The Morgan fingerprint density at radius 1 is 1.18 bits per heavy atom. The van der Waals surface area contributed by atoms with Gasteiger partial charge in [0.15, 0.2) is 0 Å². The van der Waals surface area contributed by atoms with Crippen molar-refractivity contribution in [2.75, 3.05) is 6.54 Å². The Balaban J connectivity index is 1.82. The van der Waals surface area contributed by atoms with Crippen LogP contribution in [0.3, 0.4) is 0 Å². The molecule has 0 radical (unpaired) electrons. The fourth-order valence-electron chi connectivity index (χ4n) is 2.89. The first-order valence-electron chi connectivity index (χ1n) is 6.49. The van der Waals surface area contributed by atoms with Crippen molar-refractivity contribution in [1.29, 1.82) is 0 Å². The predicted octanol–water partition coefficient (Wildman–Crippen LogP) is 3.16. The van der Waals surface area contributed by atoms with E-state index >= 15 is 0 Å². The average molecular weight is 232 g/mol. The van der Waals surface area contributed by atoms with Crippen LogP contribution in [0.1, 0.15) is 39.1 Å². The largest absolute Gasteiger partial charge is 0.311 e. The third-order valence-corrected chi connectivity index (χ3v) is 4.92. The van der Waals surface area contributed by atoms with Gasteiger partial charge in [0.2, 0.25) is 0 Å². The number of aromatic nitrogens is 1. The predicted molar refractivity (Wildman–Crippen MR) is 71.7 cm³/mol. The second-order valence-electron chi connectivity index (χ2n) is 6.40. The fraction of sp³-hybridized carbons (Fsp3) is 0.667. The van der Waals surface area contributed by atoms with Crippen LogP contribution in [-0.2, 0) is 6.54 Å². The Hall–Kier alpha value is -0.890. The lowest BCUT2D eigenvalue weighted by atomic mass is 10.0. The lowest BCUT2D eigenvalue weighted by Crippen LogP contribution is -2.19. The molecule has 0 aliphatic heterocycles. The highest BCUT2D eigenvalue weighted by atomic mass is 14.9. The van der Waals surface area contributed by atoms with Crippen molar-refractivity contribution in [3.05, 3.63) is 29.6 Å². The molecular formula is C15H24N2. The van der Waals surface area contributed by atoms with Gasteiger partial charge in [0.25, 0.3) is 0 Å². The van der Waals surface area contributed by atoms with Crippen molar-refractivity contribution in [3.8, 4) is 0 Å². The van der Waals surface area contributed by atoms with Gasteiger partial charge in [-0.3, -0.25) is 4.98 Å². The van der Waals surface area contributed by atoms with Gasteiger partial charge in [0.1, 0.15) is 0 Å². The average Bonchev–Trinajstić information content (AvgIpc) is 2.60. The maximum Gasteiger partial charge on any atom is 0.0544 e. The SMILES string of the molecule is Cc1cccc(CNCC2C(C)(C)C2(C)C)n1. The first kappa shape index (κ1) is 12.6. The lowest BCUT2D eigenvalue weighted by Gasteiger charge is -2.06. The van der Waals surface area contributed by atoms with E-state index in [2.05, 4.69) is 50.1 Å². The Kier molecular flexibility index (Phi) is 3.03. The molecule has 0 aromatic carbocycles. The topological polar surface area (TPSA) is 24.9 Å². The zero-order valence-electron chi connectivity index (χ0n) is 11.7. The van der Waals surface area contributed by atoms with Crippen LogP contribution in [0.4, 0.5) is 0 Å². The van der Waals surface area contributed by atoms with E-state index in [1.54, 1.807) is 0 Å². The molecule has 17 heavy (non-hydrogen) atoms. The first-order valence-corrected chi connectivity index (χ1v) is 6.49. The Morgan fingerprint density at radius 3 is 2.35 bits per heavy atom. The number of rotatable bonds is 4. The van der Waals surface area contributed by atoms with Crippen LogP contribution in [0, 0.1) is 23.7 Å². The monoisotopic (exact) mass is 232 g/mol. The van der Waals surface area contributed by atoms with E-state index in [1.165, 1.54) is 0 Å². The maximum absolute atomic E-state index is 4.50. The van der Waals surface area contributed by atoms with Crippen molar-refractivity contribution < 1.29 is 0 Å². The van der Waals surface area contributed by atoms with Crippen molar-refractivity contribution >= 4 is 0 Å². The summed E-state index contributed by atoms with van der Waals surface area (Å²) >= 11 is 0. The highest BCUT2D eigenvalue weighted by Crippen LogP contribution is 2.67. The smallest absolute Gasteiger partial charge is 0.0544 e. The van der Waals surface area contributed by atoms with Crippen LogP contribution in [0.25, 0.3) is 0 Å². The molecule has 1 saturated carbocycles. The molecule has 0 atom stereocenters. The summed E-state index contributed by atoms with van der Waals surface area (Å²) in [5.74, 6) is 0.778. The summed E-state index contributed by atoms with van der Waals surface area (Å²) in [7, 11) is 0. The molecule has 2 rings (SSSR count). The minimum atomic E-state index is 0.472. The molecule has 0 amide bonds. The summed E-state index contributed by atoms with van der Waals surface area (Å²) in [6.07, 6.45) is 0. The number of hydrogen-bond acceptors (Lipinski definition) is 2. The van der Waals surface area contributed by atoms with Crippen LogP contribution in [0.15, 0.2) is 18.2 Å². The van der Waals surface area contributed by atoms with Crippen LogP contribution >= 0.6 is 0 Å². The molecule has 1 aromatic heterocycles. The second-order valence-corrected chi connectivity index (χ2v) is 6.40. The van der Waals surface area contributed by atoms with Crippen molar-refractivity contribution in [3.63, 3.8) is 0 Å². The highest BCUT2D eigenvalue weighted by Gasteiger charge is 2.63. The molecule has 1 fully saturated rings. The Bertz CT molecular complexity index is 393. The van der Waals surface area contributed by atoms with Gasteiger partial charge in [0, 0.05) is 12.2 Å². The molecule has 0 spiro atoms. The summed E-state index contributed by atoms with van der Waals surface area (Å²) in [5.41, 5.74) is 3.18. The maximum atomic E-state index is 4.50. The molecule has 94 valence electrons. The molecule has 1 heterocycles. The Morgan fingerprint density at radius 2 is 1.82 bits per heavy atom. The van der Waals surface area contributed by atoms with Crippen LogP contribution in [0.2, 0.25) is 0 Å². The van der Waals surface area contributed by atoms with Crippen molar-refractivity contribution in [2.24, 2.45) is 16.7 Å². The molecule has 1 N–H and O–H groups in total. The van der Waals surface area contributed by atoms with Crippen LogP contribution < -0.4 is 5.32 Å². The van der Waals surface area contributed by atoms with E-state index in [-0.39, 0.29) is 0 Å². The van der Waals surface area contributed by atoms with E-state index in [9.17, 15) is 0 Å². The number of pyridine rings is 1. The molecule has 1 aromatic rings. The van der Waals surface area contributed by atoms with Crippen LogP contribution in [-0.4, -0.2) is 11.5 Å². The van der Waals surface area contributed by atoms with Crippen molar-refractivity contribution in [2.45, 2.75) is 41.2 Å². The molecule has 1 aliphatic carbocycles. The van der Waals surface area contributed by atoms with Gasteiger partial charge in [-0.05, 0) is 42.3 Å². The number of aryl methyl sites for hydroxylation is 1. The normalized spacial score (nSPS) is 21.5. The quantitative estimate of drug-likeness (QED) is 0.862. The van der Waals surface area contributed by atoms with Gasteiger partial charge in [-0.15, -0.1) is 0 Å². The molecule has 0 saturated heterocycles. The highest BCUT2D eigenvalue weighted by molar-refractivity contribution is 5.13. The number of nitrogens with zero attached hydrogens (tertiary/aromatic N) is 1. The van der Waals surface area contributed by atoms with Gasteiger partial charge in [-0.2, -0.15) is 0 Å². The molecule has 2 nitrogen and oxygen atoms in total. The van der Waals surface area contributed by atoms with Gasteiger partial charge in [-0.1, -0.05) is 33.8 Å². The number of nitrogens with one attached hydrogen (secondary N) is 1. The van der Waals surface area contributed by atoms with Gasteiger partial charge in [-0.25, -0.2) is 0 Å².